The third-order valence-electron chi connectivity index (χ3n) is 5.77. The van der Waals surface area contributed by atoms with Gasteiger partial charge in [0.15, 0.2) is 0 Å². The summed E-state index contributed by atoms with van der Waals surface area (Å²) >= 11 is 0. The summed E-state index contributed by atoms with van der Waals surface area (Å²) in [5, 5.41) is 9.84. The van der Waals surface area contributed by atoms with Gasteiger partial charge in [0.2, 0.25) is 0 Å². The van der Waals surface area contributed by atoms with Gasteiger partial charge in [-0.2, -0.15) is 0 Å². The minimum absolute atomic E-state index is 0.384. The van der Waals surface area contributed by atoms with Crippen LogP contribution in [0.15, 0.2) is 18.2 Å². The average Bonchev–Trinajstić information content (AvgIpc) is 2.38. The third kappa shape index (κ3) is 1.27. The molecule has 4 aliphatic rings. The van der Waals surface area contributed by atoms with Crippen LogP contribution in [0.4, 0.5) is 0 Å². The normalized spacial score (nSPS) is 38.3. The summed E-state index contributed by atoms with van der Waals surface area (Å²) in [7, 11) is 2.25. The van der Waals surface area contributed by atoms with E-state index in [1.165, 1.54) is 44.3 Å². The van der Waals surface area contributed by atoms with E-state index < -0.39 is 0 Å². The molecule has 0 amide bonds. The number of rotatable bonds is 0. The first-order chi connectivity index (χ1) is 8.69. The summed E-state index contributed by atoms with van der Waals surface area (Å²) in [4.78, 5) is 2.49. The van der Waals surface area contributed by atoms with Gasteiger partial charge in [0.25, 0.3) is 0 Å². The SMILES string of the molecule is CN1CC[C@]23CC[C@H](C[C@H]2C1)c1ccc(O)cc13. The van der Waals surface area contributed by atoms with E-state index in [9.17, 15) is 5.11 Å². The van der Waals surface area contributed by atoms with Gasteiger partial charge in [-0.1, -0.05) is 6.07 Å². The van der Waals surface area contributed by atoms with Crippen LogP contribution < -0.4 is 0 Å². The Morgan fingerprint density at radius 3 is 3.11 bits per heavy atom. The second-order valence-corrected chi connectivity index (χ2v) is 6.61. The molecular formula is C16H21NO. The molecule has 1 aromatic carbocycles. The Balaban J connectivity index is 1.88. The lowest BCUT2D eigenvalue weighted by Gasteiger charge is -2.57. The molecule has 1 N–H and O–H groups in total. The number of aromatic hydroxyl groups is 1. The minimum Gasteiger partial charge on any atom is -0.508 e. The van der Waals surface area contributed by atoms with Crippen LogP contribution in [0.3, 0.4) is 0 Å². The molecule has 1 aromatic rings. The van der Waals surface area contributed by atoms with Gasteiger partial charge in [0, 0.05) is 12.0 Å². The fraction of sp³-hybridized carbons (Fsp3) is 0.625. The van der Waals surface area contributed by atoms with E-state index in [0.29, 0.717) is 11.2 Å². The number of hydrogen-bond acceptors (Lipinski definition) is 2. The second-order valence-electron chi connectivity index (χ2n) is 6.61. The predicted molar refractivity (Wildman–Crippen MR) is 72.0 cm³/mol. The van der Waals surface area contributed by atoms with E-state index in [0.717, 1.165) is 11.8 Å². The lowest BCUT2D eigenvalue weighted by molar-refractivity contribution is 0.0468. The first kappa shape index (κ1) is 10.9. The van der Waals surface area contributed by atoms with Gasteiger partial charge in [-0.25, -0.2) is 0 Å². The maximum absolute atomic E-state index is 9.84. The maximum Gasteiger partial charge on any atom is 0.115 e. The van der Waals surface area contributed by atoms with E-state index in [4.69, 9.17) is 0 Å². The fourth-order valence-electron chi connectivity index (χ4n) is 4.86. The van der Waals surface area contributed by atoms with Crippen LogP contribution in [-0.2, 0) is 5.41 Å². The lowest BCUT2D eigenvalue weighted by Crippen LogP contribution is -2.54. The number of likely N-dealkylation sites (tertiary alicyclic amines) is 1. The summed E-state index contributed by atoms with van der Waals surface area (Å²) in [6, 6.07) is 6.13. The number of benzene rings is 1. The zero-order valence-corrected chi connectivity index (χ0v) is 11.0. The van der Waals surface area contributed by atoms with Crippen molar-refractivity contribution in [2.24, 2.45) is 5.92 Å². The van der Waals surface area contributed by atoms with Crippen molar-refractivity contribution in [2.75, 3.05) is 20.1 Å². The van der Waals surface area contributed by atoms with Crippen LogP contribution in [0.2, 0.25) is 0 Å². The van der Waals surface area contributed by atoms with Gasteiger partial charge in [-0.15, -0.1) is 0 Å². The number of piperidine rings is 1. The molecule has 5 rings (SSSR count). The highest BCUT2D eigenvalue weighted by Crippen LogP contribution is 2.59. The summed E-state index contributed by atoms with van der Waals surface area (Å²) < 4.78 is 0. The summed E-state index contributed by atoms with van der Waals surface area (Å²) in [6.07, 6.45) is 5.34. The third-order valence-corrected chi connectivity index (χ3v) is 5.77. The summed E-state index contributed by atoms with van der Waals surface area (Å²) in [5.41, 5.74) is 3.41. The minimum atomic E-state index is 0.384. The van der Waals surface area contributed by atoms with Gasteiger partial charge in [-0.3, -0.25) is 0 Å². The Bertz CT molecular complexity index is 498. The van der Waals surface area contributed by atoms with Crippen molar-refractivity contribution in [1.29, 1.82) is 0 Å². The number of phenols is 1. The van der Waals surface area contributed by atoms with Gasteiger partial charge in [0.1, 0.15) is 5.75 Å². The van der Waals surface area contributed by atoms with Crippen molar-refractivity contribution in [3.8, 4) is 5.75 Å². The molecule has 1 heterocycles. The molecule has 1 saturated carbocycles. The molecule has 96 valence electrons. The molecule has 1 aliphatic heterocycles. The van der Waals surface area contributed by atoms with Crippen molar-refractivity contribution in [3.05, 3.63) is 29.3 Å². The number of phenolic OH excluding ortho intramolecular Hbond substituents is 1. The van der Waals surface area contributed by atoms with Crippen LogP contribution in [0.25, 0.3) is 0 Å². The van der Waals surface area contributed by atoms with E-state index >= 15 is 0 Å². The number of nitrogens with zero attached hydrogens (tertiary/aromatic N) is 1. The number of fused-ring (bicyclic) bond motifs is 1. The Morgan fingerprint density at radius 1 is 1.33 bits per heavy atom. The van der Waals surface area contributed by atoms with Crippen molar-refractivity contribution in [2.45, 2.75) is 37.0 Å². The first-order valence-corrected chi connectivity index (χ1v) is 7.21. The summed E-state index contributed by atoms with van der Waals surface area (Å²) in [5.74, 6) is 2.01. The highest BCUT2D eigenvalue weighted by molar-refractivity contribution is 5.47. The van der Waals surface area contributed by atoms with Gasteiger partial charge in [-0.05, 0) is 74.4 Å². The zero-order chi connectivity index (χ0) is 12.3. The molecule has 1 saturated heterocycles. The first-order valence-electron chi connectivity index (χ1n) is 7.21. The van der Waals surface area contributed by atoms with E-state index in [1.807, 2.05) is 6.07 Å². The molecular weight excluding hydrogens is 222 g/mol. The Hall–Kier alpha value is -1.02. The molecule has 3 aliphatic carbocycles. The second kappa shape index (κ2) is 3.51. The van der Waals surface area contributed by atoms with Crippen molar-refractivity contribution in [3.63, 3.8) is 0 Å². The summed E-state index contributed by atoms with van der Waals surface area (Å²) in [6.45, 7) is 2.45. The molecule has 2 nitrogen and oxygen atoms in total. The molecule has 2 bridgehead atoms. The van der Waals surface area contributed by atoms with Crippen molar-refractivity contribution < 1.29 is 5.11 Å². The monoisotopic (exact) mass is 243 g/mol. The van der Waals surface area contributed by atoms with Crippen molar-refractivity contribution >= 4 is 0 Å². The molecule has 0 aromatic heterocycles. The fourth-order valence-corrected chi connectivity index (χ4v) is 4.86. The molecule has 2 fully saturated rings. The Labute approximate surface area is 109 Å². The van der Waals surface area contributed by atoms with E-state index in [-0.39, 0.29) is 0 Å². The van der Waals surface area contributed by atoms with Crippen LogP contribution in [0, 0.1) is 5.92 Å². The van der Waals surface area contributed by atoms with Crippen LogP contribution in [0.5, 0.6) is 5.75 Å². The van der Waals surface area contributed by atoms with Gasteiger partial charge >= 0.3 is 0 Å². The standard InChI is InChI=1S/C16H21NO/c1-17-7-6-16-5-4-11(8-12(16)10-17)14-3-2-13(18)9-15(14)16/h2-3,9,11-12,18H,4-8,10H2,1H3/t11-,12+,16-/m1/s1. The van der Waals surface area contributed by atoms with Crippen LogP contribution >= 0.6 is 0 Å². The van der Waals surface area contributed by atoms with Crippen LogP contribution in [-0.4, -0.2) is 30.1 Å². The smallest absolute Gasteiger partial charge is 0.115 e. The Morgan fingerprint density at radius 2 is 2.22 bits per heavy atom. The maximum atomic E-state index is 9.84. The topological polar surface area (TPSA) is 23.5 Å². The molecule has 3 atom stereocenters. The largest absolute Gasteiger partial charge is 0.508 e. The quantitative estimate of drug-likeness (QED) is 0.757. The molecule has 2 heteroatoms. The van der Waals surface area contributed by atoms with E-state index in [1.54, 1.807) is 5.56 Å². The van der Waals surface area contributed by atoms with E-state index in [2.05, 4.69) is 24.1 Å². The van der Waals surface area contributed by atoms with Crippen LogP contribution in [0.1, 0.15) is 42.7 Å². The number of hydrogen-bond donors (Lipinski definition) is 1. The highest BCUT2D eigenvalue weighted by atomic mass is 16.3. The average molecular weight is 243 g/mol. The molecule has 18 heavy (non-hydrogen) atoms. The van der Waals surface area contributed by atoms with Gasteiger partial charge in [0.05, 0.1) is 0 Å². The molecule has 0 radical (unpaired) electrons. The lowest BCUT2D eigenvalue weighted by atomic mass is 9.50. The predicted octanol–water partition coefficient (Wildman–Crippen LogP) is 2.86. The zero-order valence-electron chi connectivity index (χ0n) is 11.0. The van der Waals surface area contributed by atoms with Crippen molar-refractivity contribution in [1.82, 2.24) is 4.90 Å². The molecule has 0 unspecified atom stereocenters. The highest BCUT2D eigenvalue weighted by Gasteiger charge is 2.52. The molecule has 1 spiro atoms. The Kier molecular flexibility index (Phi) is 2.12. The van der Waals surface area contributed by atoms with Gasteiger partial charge < -0.3 is 10.0 Å².